The summed E-state index contributed by atoms with van der Waals surface area (Å²) in [5.41, 5.74) is 8.46. The van der Waals surface area contributed by atoms with E-state index in [2.05, 4.69) is 40.7 Å². The van der Waals surface area contributed by atoms with E-state index in [9.17, 15) is 9.59 Å². The first-order valence-corrected chi connectivity index (χ1v) is 13.0. The average molecular weight is 471 g/mol. The van der Waals surface area contributed by atoms with Crippen molar-refractivity contribution in [1.29, 1.82) is 0 Å². The van der Waals surface area contributed by atoms with E-state index in [1.165, 1.54) is 0 Å². The molecule has 2 heterocycles. The number of nitrogens with zero attached hydrogens (tertiary/aromatic N) is 1. The van der Waals surface area contributed by atoms with Crippen LogP contribution in [0.4, 0.5) is 0 Å². The first kappa shape index (κ1) is 25.0. The fraction of sp³-hybridized carbons (Fsp3) is 0.714. The number of esters is 1. The van der Waals surface area contributed by atoms with E-state index >= 15 is 0 Å². The maximum Gasteiger partial charge on any atom is 0.329 e. The zero-order chi connectivity index (χ0) is 24.8. The normalized spacial score (nSPS) is 29.0. The van der Waals surface area contributed by atoms with Gasteiger partial charge in [0.1, 0.15) is 17.4 Å². The highest BCUT2D eigenvalue weighted by molar-refractivity contribution is 5.88. The molecule has 1 aromatic carbocycles. The van der Waals surface area contributed by atoms with Crippen LogP contribution in [0.5, 0.6) is 5.75 Å². The van der Waals surface area contributed by atoms with Crippen molar-refractivity contribution in [1.82, 2.24) is 4.90 Å². The number of amides is 1. The van der Waals surface area contributed by atoms with Crippen LogP contribution in [0, 0.1) is 17.3 Å². The van der Waals surface area contributed by atoms with E-state index in [-0.39, 0.29) is 41.3 Å². The zero-order valence-electron chi connectivity index (χ0n) is 21.7. The molecule has 6 nitrogen and oxygen atoms in total. The Kier molecular flexibility index (Phi) is 6.75. The summed E-state index contributed by atoms with van der Waals surface area (Å²) in [5.74, 6) is 0.201. The molecule has 6 heteroatoms. The molecule has 4 rings (SSSR count). The second kappa shape index (κ2) is 9.18. The highest BCUT2D eigenvalue weighted by Gasteiger charge is 2.58. The van der Waals surface area contributed by atoms with Gasteiger partial charge in [0, 0.05) is 29.9 Å². The number of rotatable bonds is 4. The van der Waals surface area contributed by atoms with Crippen LogP contribution in [0.1, 0.15) is 90.8 Å². The fourth-order valence-corrected chi connectivity index (χ4v) is 6.54. The lowest BCUT2D eigenvalue weighted by molar-refractivity contribution is -0.158. The van der Waals surface area contributed by atoms with Gasteiger partial charge in [-0.05, 0) is 44.6 Å². The van der Waals surface area contributed by atoms with Gasteiger partial charge in [0.2, 0.25) is 5.91 Å². The number of likely N-dealkylation sites (tertiary alicyclic amines) is 1. The number of fused-ring (bicyclic) bond motifs is 1. The lowest BCUT2D eigenvalue weighted by atomic mass is 9.73. The van der Waals surface area contributed by atoms with Crippen molar-refractivity contribution in [3.05, 3.63) is 29.3 Å². The number of carbonyl (C=O) groups is 2. The van der Waals surface area contributed by atoms with Gasteiger partial charge >= 0.3 is 5.97 Å². The monoisotopic (exact) mass is 470 g/mol. The summed E-state index contributed by atoms with van der Waals surface area (Å²) in [6, 6.07) is 4.58. The molecule has 1 aromatic rings. The van der Waals surface area contributed by atoms with Gasteiger partial charge in [0.15, 0.2) is 0 Å². The second-order valence-corrected chi connectivity index (χ2v) is 12.1. The van der Waals surface area contributed by atoms with Crippen molar-refractivity contribution in [2.45, 2.75) is 104 Å². The summed E-state index contributed by atoms with van der Waals surface area (Å²) in [4.78, 5) is 29.4. The Morgan fingerprint density at radius 1 is 1.18 bits per heavy atom. The Morgan fingerprint density at radius 3 is 2.47 bits per heavy atom. The smallest absolute Gasteiger partial charge is 0.329 e. The van der Waals surface area contributed by atoms with Crippen LogP contribution in [-0.4, -0.2) is 41.1 Å². The van der Waals surface area contributed by atoms with Gasteiger partial charge < -0.3 is 20.1 Å². The van der Waals surface area contributed by atoms with Gasteiger partial charge in [0.25, 0.3) is 0 Å². The summed E-state index contributed by atoms with van der Waals surface area (Å²) >= 11 is 0. The Labute approximate surface area is 204 Å². The molecule has 1 saturated heterocycles. The molecular formula is C28H42N2O4. The van der Waals surface area contributed by atoms with Crippen LogP contribution >= 0.6 is 0 Å². The molecule has 0 radical (unpaired) electrons. The van der Waals surface area contributed by atoms with Crippen LogP contribution < -0.4 is 10.5 Å². The topological polar surface area (TPSA) is 81.9 Å². The first-order chi connectivity index (χ1) is 16.0. The Balaban J connectivity index is 1.86. The number of hydrogen-bond donors (Lipinski definition) is 1. The molecule has 4 atom stereocenters. The number of hydrogen-bond acceptors (Lipinski definition) is 5. The van der Waals surface area contributed by atoms with Crippen molar-refractivity contribution in [2.75, 3.05) is 6.61 Å². The van der Waals surface area contributed by atoms with Crippen molar-refractivity contribution >= 4 is 11.9 Å². The maximum atomic E-state index is 14.2. The van der Waals surface area contributed by atoms with E-state index in [0.29, 0.717) is 0 Å². The number of nitrogens with two attached hydrogens (primary N) is 1. The summed E-state index contributed by atoms with van der Waals surface area (Å²) in [5, 5.41) is 0. The molecule has 0 spiro atoms. The van der Waals surface area contributed by atoms with Crippen molar-refractivity contribution in [3.8, 4) is 5.75 Å². The number of ether oxygens (including phenoxy) is 2. The Bertz CT molecular complexity index is 929. The van der Waals surface area contributed by atoms with Gasteiger partial charge in [-0.2, -0.15) is 0 Å². The van der Waals surface area contributed by atoms with Crippen molar-refractivity contribution < 1.29 is 19.1 Å². The summed E-state index contributed by atoms with van der Waals surface area (Å²) < 4.78 is 12.0. The summed E-state index contributed by atoms with van der Waals surface area (Å²) in [7, 11) is 0. The molecule has 3 aliphatic rings. The van der Waals surface area contributed by atoms with Gasteiger partial charge in [0.05, 0.1) is 12.6 Å². The van der Waals surface area contributed by atoms with Crippen molar-refractivity contribution in [3.63, 3.8) is 0 Å². The minimum absolute atomic E-state index is 0.0415. The lowest BCUT2D eigenvalue weighted by Gasteiger charge is -2.36. The molecule has 0 aromatic heterocycles. The highest BCUT2D eigenvalue weighted by atomic mass is 16.5. The fourth-order valence-electron chi connectivity index (χ4n) is 6.54. The van der Waals surface area contributed by atoms with E-state index in [1.807, 2.05) is 24.0 Å². The van der Waals surface area contributed by atoms with Crippen LogP contribution in [0.3, 0.4) is 0 Å². The van der Waals surface area contributed by atoms with E-state index < -0.39 is 18.1 Å². The van der Waals surface area contributed by atoms with Gasteiger partial charge in [-0.3, -0.25) is 4.79 Å². The Hall–Kier alpha value is -2.08. The van der Waals surface area contributed by atoms with Crippen LogP contribution in [0.2, 0.25) is 0 Å². The number of para-hydroxylation sites is 1. The molecule has 2 N–H and O–H groups in total. The van der Waals surface area contributed by atoms with Crippen LogP contribution in [-0.2, 0) is 20.7 Å². The van der Waals surface area contributed by atoms with Gasteiger partial charge in [-0.1, -0.05) is 58.2 Å². The van der Waals surface area contributed by atoms with E-state index in [1.54, 1.807) is 0 Å². The third-order valence-corrected chi connectivity index (χ3v) is 7.90. The Morgan fingerprint density at radius 2 is 1.85 bits per heavy atom. The maximum absolute atomic E-state index is 14.2. The van der Waals surface area contributed by atoms with Crippen molar-refractivity contribution in [2.24, 2.45) is 23.0 Å². The highest BCUT2D eigenvalue weighted by Crippen LogP contribution is 2.52. The average Bonchev–Trinajstić information content (AvgIpc) is 3.26. The molecule has 1 aliphatic carbocycles. The number of benzene rings is 1. The van der Waals surface area contributed by atoms with Gasteiger partial charge in [-0.15, -0.1) is 0 Å². The predicted octanol–water partition coefficient (Wildman–Crippen LogP) is 4.79. The summed E-state index contributed by atoms with van der Waals surface area (Å²) in [6.45, 7) is 12.5. The second-order valence-electron chi connectivity index (χ2n) is 12.1. The molecule has 2 aliphatic heterocycles. The standard InChI is InChI=1S/C28H42N2O4/c1-7-33-26(32)23-20(27(2,3)4)21(29)22(30(23)25(31)17-12-9-8-10-13-17)19-15-11-14-18-16-28(5,6)34-24(18)19/h11,14-15,17,20-23H,7-10,12-13,16,29H2,1-6H3/t20-,21-,22-,23-/m0/s1. The van der Waals surface area contributed by atoms with E-state index in [0.717, 1.165) is 55.4 Å². The van der Waals surface area contributed by atoms with E-state index in [4.69, 9.17) is 15.2 Å². The molecule has 1 saturated carbocycles. The molecule has 0 unspecified atom stereocenters. The molecule has 0 bridgehead atoms. The minimum atomic E-state index is -0.709. The molecule has 2 fully saturated rings. The zero-order valence-corrected chi connectivity index (χ0v) is 21.7. The van der Waals surface area contributed by atoms with Gasteiger partial charge in [-0.25, -0.2) is 4.79 Å². The lowest BCUT2D eigenvalue weighted by Crippen LogP contribution is -2.50. The molecule has 1 amide bonds. The molecular weight excluding hydrogens is 428 g/mol. The SMILES string of the molecule is CCOC(=O)[C@@H]1[C@@H](C(C)(C)C)[C@H](N)[C@H](c2cccc3c2OC(C)(C)C3)N1C(=O)C1CCCCC1. The summed E-state index contributed by atoms with van der Waals surface area (Å²) in [6.07, 6.45) is 5.79. The largest absolute Gasteiger partial charge is 0.487 e. The minimum Gasteiger partial charge on any atom is -0.487 e. The predicted molar refractivity (Wildman–Crippen MR) is 132 cm³/mol. The van der Waals surface area contributed by atoms with Crippen LogP contribution in [0.25, 0.3) is 0 Å². The molecule has 188 valence electrons. The quantitative estimate of drug-likeness (QED) is 0.640. The first-order valence-electron chi connectivity index (χ1n) is 13.0. The molecule has 34 heavy (non-hydrogen) atoms. The third kappa shape index (κ3) is 4.46. The van der Waals surface area contributed by atoms with Crippen LogP contribution in [0.15, 0.2) is 18.2 Å². The third-order valence-electron chi connectivity index (χ3n) is 7.90. The number of carbonyl (C=O) groups excluding carboxylic acids is 2.